The van der Waals surface area contributed by atoms with Crippen LogP contribution in [-0.2, 0) is 0 Å². The second-order valence-electron chi connectivity index (χ2n) is 7.27. The van der Waals surface area contributed by atoms with Crippen molar-refractivity contribution in [3.63, 3.8) is 0 Å². The third-order valence-corrected chi connectivity index (χ3v) is 5.40. The van der Waals surface area contributed by atoms with E-state index in [0.29, 0.717) is 0 Å². The van der Waals surface area contributed by atoms with E-state index in [1.54, 1.807) is 0 Å². The number of fused-ring (bicyclic) bond motifs is 1. The summed E-state index contributed by atoms with van der Waals surface area (Å²) in [6, 6.07) is 20.5. The molecule has 1 aliphatic heterocycles. The van der Waals surface area contributed by atoms with Crippen molar-refractivity contribution >= 4 is 16.7 Å². The van der Waals surface area contributed by atoms with E-state index in [1.807, 2.05) is 36.5 Å². The molecule has 28 heavy (non-hydrogen) atoms. The Morgan fingerprint density at radius 1 is 0.929 bits per heavy atom. The number of anilines is 1. The number of aliphatic hydroxyl groups excluding tert-OH is 1. The minimum Gasteiger partial charge on any atom is -0.393 e. The normalized spacial score (nSPS) is 15.2. The minimum atomic E-state index is -0.209. The molecular formula is C23H22N4O. The molecule has 1 fully saturated rings. The number of para-hydroxylation sites is 1. The first-order valence-electron chi connectivity index (χ1n) is 9.72. The molecule has 3 heterocycles. The Bertz CT molecular complexity index is 1100. The van der Waals surface area contributed by atoms with E-state index < -0.39 is 0 Å². The van der Waals surface area contributed by atoms with E-state index in [4.69, 9.17) is 9.97 Å². The Labute approximate surface area is 163 Å². The first-order chi connectivity index (χ1) is 13.8. The van der Waals surface area contributed by atoms with Crippen LogP contribution in [0.25, 0.3) is 33.5 Å². The number of benzene rings is 2. The maximum atomic E-state index is 9.87. The fraction of sp³-hybridized carbons (Fsp3) is 0.217. The predicted molar refractivity (Wildman–Crippen MR) is 112 cm³/mol. The Morgan fingerprint density at radius 2 is 1.68 bits per heavy atom. The number of piperidine rings is 1. The Morgan fingerprint density at radius 3 is 2.50 bits per heavy atom. The molecule has 0 saturated carbocycles. The quantitative estimate of drug-likeness (QED) is 0.566. The van der Waals surface area contributed by atoms with Gasteiger partial charge in [0.2, 0.25) is 0 Å². The number of nitrogens with one attached hydrogen (secondary N) is 1. The second-order valence-corrected chi connectivity index (χ2v) is 7.27. The molecule has 0 radical (unpaired) electrons. The molecule has 2 aromatic heterocycles. The molecule has 0 spiro atoms. The Kier molecular flexibility index (Phi) is 4.29. The van der Waals surface area contributed by atoms with Crippen molar-refractivity contribution in [1.82, 2.24) is 15.0 Å². The highest BCUT2D eigenvalue weighted by atomic mass is 16.3. The van der Waals surface area contributed by atoms with Crippen LogP contribution in [0.4, 0.5) is 5.82 Å². The van der Waals surface area contributed by atoms with Crippen molar-refractivity contribution in [2.24, 2.45) is 0 Å². The Balaban J connectivity index is 1.65. The number of H-pyrrole nitrogens is 1. The van der Waals surface area contributed by atoms with Crippen molar-refractivity contribution in [2.45, 2.75) is 18.9 Å². The number of nitrogens with zero attached hydrogens (tertiary/aromatic N) is 3. The van der Waals surface area contributed by atoms with E-state index >= 15 is 0 Å². The molecule has 0 atom stereocenters. The fourth-order valence-electron chi connectivity index (χ4n) is 3.83. The topological polar surface area (TPSA) is 65.0 Å². The monoisotopic (exact) mass is 370 g/mol. The van der Waals surface area contributed by atoms with Gasteiger partial charge in [0.1, 0.15) is 5.82 Å². The van der Waals surface area contributed by atoms with Crippen molar-refractivity contribution < 1.29 is 5.11 Å². The summed E-state index contributed by atoms with van der Waals surface area (Å²) in [6.45, 7) is 1.61. The number of rotatable bonds is 3. The molecule has 0 amide bonds. The van der Waals surface area contributed by atoms with E-state index in [-0.39, 0.29) is 6.10 Å². The third kappa shape index (κ3) is 3.14. The number of aromatic nitrogens is 3. The largest absolute Gasteiger partial charge is 0.393 e. The van der Waals surface area contributed by atoms with Gasteiger partial charge in [-0.25, -0.2) is 9.97 Å². The van der Waals surface area contributed by atoms with Crippen LogP contribution in [0.3, 0.4) is 0 Å². The zero-order chi connectivity index (χ0) is 18.9. The molecule has 0 aliphatic carbocycles. The van der Waals surface area contributed by atoms with Crippen molar-refractivity contribution in [1.29, 1.82) is 0 Å². The molecule has 5 rings (SSSR count). The molecule has 2 N–H and O–H groups in total. The van der Waals surface area contributed by atoms with E-state index in [2.05, 4.69) is 40.2 Å². The van der Waals surface area contributed by atoms with Crippen LogP contribution in [0.5, 0.6) is 0 Å². The minimum absolute atomic E-state index is 0.209. The molecule has 2 aromatic carbocycles. The number of aromatic amines is 1. The average Bonchev–Trinajstić information content (AvgIpc) is 3.19. The SMILES string of the molecule is OC1CCN(c2cc(-c3ccccc3)nc(-c3c[nH]c4ccccc34)n2)CC1. The van der Waals surface area contributed by atoms with Gasteiger partial charge in [0.15, 0.2) is 5.82 Å². The summed E-state index contributed by atoms with van der Waals surface area (Å²) < 4.78 is 0. The summed E-state index contributed by atoms with van der Waals surface area (Å²) in [5, 5.41) is 11.0. The first kappa shape index (κ1) is 17.0. The molecule has 4 aromatic rings. The highest BCUT2D eigenvalue weighted by Crippen LogP contribution is 2.31. The summed E-state index contributed by atoms with van der Waals surface area (Å²) in [7, 11) is 0. The van der Waals surface area contributed by atoms with Crippen LogP contribution in [0.2, 0.25) is 0 Å². The summed E-state index contributed by atoms with van der Waals surface area (Å²) in [6.07, 6.45) is 3.32. The van der Waals surface area contributed by atoms with Gasteiger partial charge in [0.25, 0.3) is 0 Å². The smallest absolute Gasteiger partial charge is 0.164 e. The van der Waals surface area contributed by atoms with Gasteiger partial charge in [-0.1, -0.05) is 48.5 Å². The van der Waals surface area contributed by atoms with Gasteiger partial charge in [0, 0.05) is 47.4 Å². The van der Waals surface area contributed by atoms with E-state index in [0.717, 1.165) is 65.3 Å². The fourth-order valence-corrected chi connectivity index (χ4v) is 3.83. The maximum Gasteiger partial charge on any atom is 0.164 e. The lowest BCUT2D eigenvalue weighted by Gasteiger charge is -2.30. The highest BCUT2D eigenvalue weighted by molar-refractivity contribution is 5.94. The first-order valence-corrected chi connectivity index (χ1v) is 9.72. The van der Waals surface area contributed by atoms with Crippen LogP contribution in [0.1, 0.15) is 12.8 Å². The predicted octanol–water partition coefficient (Wildman–Crippen LogP) is 4.25. The number of hydrogen-bond donors (Lipinski definition) is 2. The highest BCUT2D eigenvalue weighted by Gasteiger charge is 2.20. The van der Waals surface area contributed by atoms with Crippen molar-refractivity contribution in [3.8, 4) is 22.6 Å². The van der Waals surface area contributed by atoms with Gasteiger partial charge in [-0.2, -0.15) is 0 Å². The van der Waals surface area contributed by atoms with Gasteiger partial charge in [-0.3, -0.25) is 0 Å². The molecule has 1 saturated heterocycles. The zero-order valence-corrected chi connectivity index (χ0v) is 15.5. The standard InChI is InChI=1S/C23H22N4O/c28-17-10-12-27(13-11-17)22-14-21(16-6-2-1-3-7-16)25-23(26-22)19-15-24-20-9-5-4-8-18(19)20/h1-9,14-15,17,24,28H,10-13H2. The number of aliphatic hydroxyl groups is 1. The maximum absolute atomic E-state index is 9.87. The van der Waals surface area contributed by atoms with Crippen molar-refractivity contribution in [2.75, 3.05) is 18.0 Å². The summed E-state index contributed by atoms with van der Waals surface area (Å²) in [4.78, 5) is 15.4. The third-order valence-electron chi connectivity index (χ3n) is 5.40. The average molecular weight is 370 g/mol. The van der Waals surface area contributed by atoms with Crippen LogP contribution < -0.4 is 4.90 Å². The van der Waals surface area contributed by atoms with Crippen LogP contribution >= 0.6 is 0 Å². The van der Waals surface area contributed by atoms with Gasteiger partial charge in [0.05, 0.1) is 11.8 Å². The second kappa shape index (κ2) is 7.09. The molecule has 5 heteroatoms. The summed E-state index contributed by atoms with van der Waals surface area (Å²) >= 11 is 0. The molecular weight excluding hydrogens is 348 g/mol. The number of hydrogen-bond acceptors (Lipinski definition) is 4. The van der Waals surface area contributed by atoms with Gasteiger partial charge < -0.3 is 15.0 Å². The summed E-state index contributed by atoms with van der Waals surface area (Å²) in [5.74, 6) is 1.64. The van der Waals surface area contributed by atoms with Crippen LogP contribution in [-0.4, -0.2) is 39.3 Å². The van der Waals surface area contributed by atoms with Crippen LogP contribution in [0, 0.1) is 0 Å². The van der Waals surface area contributed by atoms with Gasteiger partial charge >= 0.3 is 0 Å². The lowest BCUT2D eigenvalue weighted by Crippen LogP contribution is -2.36. The molecule has 140 valence electrons. The summed E-state index contributed by atoms with van der Waals surface area (Å²) in [5.41, 5.74) is 4.07. The van der Waals surface area contributed by atoms with Crippen molar-refractivity contribution in [3.05, 3.63) is 66.9 Å². The lowest BCUT2D eigenvalue weighted by molar-refractivity contribution is 0.145. The molecule has 0 bridgehead atoms. The molecule has 1 aliphatic rings. The zero-order valence-electron chi connectivity index (χ0n) is 15.5. The van der Waals surface area contributed by atoms with Gasteiger partial charge in [-0.15, -0.1) is 0 Å². The van der Waals surface area contributed by atoms with E-state index in [9.17, 15) is 5.11 Å². The van der Waals surface area contributed by atoms with Gasteiger partial charge in [-0.05, 0) is 18.9 Å². The molecule has 5 nitrogen and oxygen atoms in total. The lowest BCUT2D eigenvalue weighted by atomic mass is 10.1. The van der Waals surface area contributed by atoms with Crippen LogP contribution in [0.15, 0.2) is 66.9 Å². The molecule has 0 unspecified atom stereocenters. The van der Waals surface area contributed by atoms with E-state index in [1.165, 1.54) is 0 Å². The Hall–Kier alpha value is -3.18.